The first-order chi connectivity index (χ1) is 9.56. The van der Waals surface area contributed by atoms with Crippen LogP contribution in [0.5, 0.6) is 0 Å². The van der Waals surface area contributed by atoms with Crippen molar-refractivity contribution < 1.29 is 18.0 Å². The van der Waals surface area contributed by atoms with E-state index in [2.05, 4.69) is 10.6 Å². The average molecular weight is 278 g/mol. The normalized spacial score (nSPS) is 16.8. The second-order valence-electron chi connectivity index (χ2n) is 4.39. The Balaban J connectivity index is 1.98. The predicted octanol–water partition coefficient (Wildman–Crippen LogP) is 3.21. The second-order valence-corrected chi connectivity index (χ2v) is 4.39. The lowest BCUT2D eigenvalue weighted by molar-refractivity contribution is -0.116. The molecule has 0 aliphatic carbocycles. The summed E-state index contributed by atoms with van der Waals surface area (Å²) < 4.78 is 40.2. The smallest absolute Gasteiger partial charge is 0.251 e. The van der Waals surface area contributed by atoms with Gasteiger partial charge in [0.15, 0.2) is 0 Å². The molecule has 0 radical (unpaired) electrons. The molecule has 3 nitrogen and oxygen atoms in total. The third-order valence-corrected chi connectivity index (χ3v) is 3.10. The molecule has 3 rings (SSSR count). The van der Waals surface area contributed by atoms with Gasteiger partial charge in [-0.25, -0.2) is 13.2 Å². The van der Waals surface area contributed by atoms with Gasteiger partial charge in [0.25, 0.3) is 5.91 Å². The molecule has 1 aliphatic heterocycles. The second kappa shape index (κ2) is 4.56. The van der Waals surface area contributed by atoms with Crippen LogP contribution in [-0.4, -0.2) is 5.91 Å². The van der Waals surface area contributed by atoms with Crippen LogP contribution in [0.15, 0.2) is 36.4 Å². The van der Waals surface area contributed by atoms with E-state index in [4.69, 9.17) is 0 Å². The standard InChI is InChI=1S/C14H9F3N2O/c15-7-4-5-8-11(6-7)18-14(20)12(8)19-13-9(16)2-1-3-10(13)17/h1-6,12,19H,(H,18,20). The van der Waals surface area contributed by atoms with Gasteiger partial charge in [0.2, 0.25) is 0 Å². The van der Waals surface area contributed by atoms with Crippen LogP contribution in [0.25, 0.3) is 0 Å². The Morgan fingerprint density at radius 1 is 1.05 bits per heavy atom. The van der Waals surface area contributed by atoms with E-state index >= 15 is 0 Å². The number of amides is 1. The van der Waals surface area contributed by atoms with Gasteiger partial charge in [-0.05, 0) is 24.3 Å². The average Bonchev–Trinajstić information content (AvgIpc) is 2.69. The van der Waals surface area contributed by atoms with Crippen molar-refractivity contribution in [2.24, 2.45) is 0 Å². The first-order valence-corrected chi connectivity index (χ1v) is 5.87. The van der Waals surface area contributed by atoms with Crippen LogP contribution in [0.3, 0.4) is 0 Å². The van der Waals surface area contributed by atoms with Crippen molar-refractivity contribution in [1.82, 2.24) is 0 Å². The van der Waals surface area contributed by atoms with Gasteiger partial charge in [-0.2, -0.15) is 0 Å². The van der Waals surface area contributed by atoms with Crippen LogP contribution < -0.4 is 10.6 Å². The van der Waals surface area contributed by atoms with E-state index in [1.54, 1.807) is 0 Å². The van der Waals surface area contributed by atoms with Gasteiger partial charge < -0.3 is 10.6 Å². The molecule has 2 N–H and O–H groups in total. The number of carbonyl (C=O) groups is 1. The van der Waals surface area contributed by atoms with E-state index in [1.807, 2.05) is 0 Å². The van der Waals surface area contributed by atoms with Gasteiger partial charge in [0, 0.05) is 11.3 Å². The van der Waals surface area contributed by atoms with Crippen molar-refractivity contribution in [3.63, 3.8) is 0 Å². The van der Waals surface area contributed by atoms with E-state index in [0.29, 0.717) is 11.3 Å². The molecule has 0 saturated carbocycles. The van der Waals surface area contributed by atoms with E-state index in [9.17, 15) is 18.0 Å². The highest BCUT2D eigenvalue weighted by atomic mass is 19.1. The lowest BCUT2D eigenvalue weighted by Crippen LogP contribution is -2.20. The zero-order chi connectivity index (χ0) is 14.3. The summed E-state index contributed by atoms with van der Waals surface area (Å²) in [7, 11) is 0. The van der Waals surface area contributed by atoms with Gasteiger partial charge >= 0.3 is 0 Å². The van der Waals surface area contributed by atoms with Crippen LogP contribution in [0.1, 0.15) is 11.6 Å². The maximum absolute atomic E-state index is 13.6. The van der Waals surface area contributed by atoms with E-state index in [0.717, 1.165) is 18.2 Å². The Hall–Kier alpha value is -2.50. The Morgan fingerprint density at radius 2 is 1.75 bits per heavy atom. The van der Waals surface area contributed by atoms with Crippen molar-refractivity contribution in [2.75, 3.05) is 10.6 Å². The number of carbonyl (C=O) groups excluding carboxylic acids is 1. The predicted molar refractivity (Wildman–Crippen MR) is 67.8 cm³/mol. The van der Waals surface area contributed by atoms with Crippen LogP contribution in [-0.2, 0) is 4.79 Å². The molecule has 1 heterocycles. The zero-order valence-corrected chi connectivity index (χ0v) is 10.1. The first kappa shape index (κ1) is 12.5. The molecule has 1 amide bonds. The Kier molecular flexibility index (Phi) is 2.85. The molecule has 0 fully saturated rings. The minimum Gasteiger partial charge on any atom is -0.365 e. The van der Waals surface area contributed by atoms with E-state index in [1.165, 1.54) is 18.2 Å². The lowest BCUT2D eigenvalue weighted by Gasteiger charge is -2.14. The number of nitrogens with one attached hydrogen (secondary N) is 2. The van der Waals surface area contributed by atoms with Crippen LogP contribution in [0.2, 0.25) is 0 Å². The fourth-order valence-corrected chi connectivity index (χ4v) is 2.16. The molecule has 1 aliphatic rings. The summed E-state index contributed by atoms with van der Waals surface area (Å²) in [5.41, 5.74) is 0.355. The van der Waals surface area contributed by atoms with Gasteiger partial charge in [0.1, 0.15) is 29.2 Å². The monoisotopic (exact) mass is 278 g/mol. The molecule has 1 unspecified atom stereocenters. The number of hydrogen-bond donors (Lipinski definition) is 2. The summed E-state index contributed by atoms with van der Waals surface area (Å²) in [6.07, 6.45) is 0. The highest BCUT2D eigenvalue weighted by molar-refractivity contribution is 6.04. The quantitative estimate of drug-likeness (QED) is 0.885. The third kappa shape index (κ3) is 1.99. The van der Waals surface area contributed by atoms with Gasteiger partial charge in [-0.15, -0.1) is 0 Å². The van der Waals surface area contributed by atoms with Crippen LogP contribution in [0.4, 0.5) is 24.5 Å². The number of para-hydroxylation sites is 1. The summed E-state index contributed by atoms with van der Waals surface area (Å²) >= 11 is 0. The molecular formula is C14H9F3N2O. The Labute approximate surface area is 112 Å². The Bertz CT molecular complexity index is 683. The van der Waals surface area contributed by atoms with Gasteiger partial charge in [-0.1, -0.05) is 12.1 Å². The topological polar surface area (TPSA) is 41.1 Å². The van der Waals surface area contributed by atoms with E-state index in [-0.39, 0.29) is 5.69 Å². The molecule has 1 atom stereocenters. The molecule has 20 heavy (non-hydrogen) atoms. The maximum Gasteiger partial charge on any atom is 0.251 e. The molecule has 0 aromatic heterocycles. The summed E-state index contributed by atoms with van der Waals surface area (Å²) in [5, 5.41) is 4.98. The summed E-state index contributed by atoms with van der Waals surface area (Å²) in [6, 6.07) is 6.19. The number of benzene rings is 2. The van der Waals surface area contributed by atoms with Gasteiger partial charge in [0.05, 0.1) is 0 Å². The summed E-state index contributed by atoms with van der Waals surface area (Å²) in [5.74, 6) is -2.59. The van der Waals surface area contributed by atoms with Crippen molar-refractivity contribution in [2.45, 2.75) is 6.04 Å². The number of anilines is 2. The van der Waals surface area contributed by atoms with Crippen molar-refractivity contribution >= 4 is 17.3 Å². The zero-order valence-electron chi connectivity index (χ0n) is 10.1. The highest BCUT2D eigenvalue weighted by Crippen LogP contribution is 2.34. The van der Waals surface area contributed by atoms with E-state index < -0.39 is 29.4 Å². The summed E-state index contributed by atoms with van der Waals surface area (Å²) in [4.78, 5) is 11.8. The molecule has 0 bridgehead atoms. The molecule has 102 valence electrons. The largest absolute Gasteiger partial charge is 0.365 e. The fraction of sp³-hybridized carbons (Fsp3) is 0.0714. The minimum absolute atomic E-state index is 0.296. The Morgan fingerprint density at radius 3 is 2.45 bits per heavy atom. The third-order valence-electron chi connectivity index (χ3n) is 3.10. The number of hydrogen-bond acceptors (Lipinski definition) is 2. The SMILES string of the molecule is O=C1Nc2cc(F)ccc2C1Nc1c(F)cccc1F. The molecular weight excluding hydrogens is 269 g/mol. The molecule has 0 saturated heterocycles. The molecule has 2 aromatic rings. The first-order valence-electron chi connectivity index (χ1n) is 5.87. The van der Waals surface area contributed by atoms with Crippen molar-refractivity contribution in [3.8, 4) is 0 Å². The molecule has 0 spiro atoms. The van der Waals surface area contributed by atoms with Crippen molar-refractivity contribution in [3.05, 3.63) is 59.4 Å². The van der Waals surface area contributed by atoms with Crippen LogP contribution in [0, 0.1) is 17.5 Å². The fourth-order valence-electron chi connectivity index (χ4n) is 2.16. The number of halogens is 3. The van der Waals surface area contributed by atoms with Gasteiger partial charge in [-0.3, -0.25) is 4.79 Å². The molecule has 2 aromatic carbocycles. The molecule has 6 heteroatoms. The van der Waals surface area contributed by atoms with Crippen molar-refractivity contribution in [1.29, 1.82) is 0 Å². The number of rotatable bonds is 2. The minimum atomic E-state index is -0.961. The maximum atomic E-state index is 13.6. The summed E-state index contributed by atoms with van der Waals surface area (Å²) in [6.45, 7) is 0. The highest BCUT2D eigenvalue weighted by Gasteiger charge is 2.31. The lowest BCUT2D eigenvalue weighted by atomic mass is 10.1. The van der Waals surface area contributed by atoms with Crippen LogP contribution >= 0.6 is 0 Å². The number of fused-ring (bicyclic) bond motifs is 1.